The Bertz CT molecular complexity index is 1280. The molecule has 0 fully saturated rings. The molecular formula is C23H16ClF2N3O3. The van der Waals surface area contributed by atoms with E-state index < -0.39 is 35.7 Å². The van der Waals surface area contributed by atoms with Gasteiger partial charge < -0.3 is 15.7 Å². The molecule has 0 spiro atoms. The third-order valence-corrected chi connectivity index (χ3v) is 6.02. The molecule has 162 valence electrons. The molecule has 0 aromatic heterocycles. The van der Waals surface area contributed by atoms with Crippen LogP contribution in [0.4, 0.5) is 25.0 Å². The number of benzene rings is 3. The monoisotopic (exact) mass is 455 g/mol. The minimum Gasteiger partial charge on any atom is -0.386 e. The van der Waals surface area contributed by atoms with Crippen LogP contribution in [-0.2, 0) is 0 Å². The third kappa shape index (κ3) is 3.19. The number of rotatable bonds is 2. The number of β-amino-alcohol motifs (C(OH)–C–C–N with tert-alkyl or cyclic N) is 1. The average Bonchev–Trinajstić information content (AvgIpc) is 3.29. The number of halogens is 3. The molecule has 0 bridgehead atoms. The van der Waals surface area contributed by atoms with E-state index in [9.17, 15) is 23.5 Å². The van der Waals surface area contributed by atoms with Gasteiger partial charge in [0.15, 0.2) is 0 Å². The fraction of sp³-hybridized carbons (Fsp3) is 0.130. The maximum atomic E-state index is 14.4. The molecule has 0 saturated heterocycles. The lowest BCUT2D eigenvalue weighted by Crippen LogP contribution is -2.35. The number of nitrogens with one attached hydrogen (secondary N) is 2. The van der Waals surface area contributed by atoms with E-state index in [1.165, 1.54) is 30.3 Å². The first kappa shape index (κ1) is 20.4. The van der Waals surface area contributed by atoms with Crippen LogP contribution in [0.25, 0.3) is 0 Å². The zero-order chi connectivity index (χ0) is 22.6. The molecule has 32 heavy (non-hydrogen) atoms. The summed E-state index contributed by atoms with van der Waals surface area (Å²) in [5.74, 6) is -1.55. The second-order valence-electron chi connectivity index (χ2n) is 7.57. The maximum absolute atomic E-state index is 14.4. The van der Waals surface area contributed by atoms with Crippen molar-refractivity contribution in [1.29, 1.82) is 0 Å². The van der Waals surface area contributed by atoms with Gasteiger partial charge in [-0.15, -0.1) is 0 Å². The number of aliphatic hydroxyl groups is 1. The number of para-hydroxylation sites is 1. The van der Waals surface area contributed by atoms with Gasteiger partial charge in [-0.25, -0.2) is 13.6 Å². The van der Waals surface area contributed by atoms with E-state index in [-0.39, 0.29) is 22.9 Å². The van der Waals surface area contributed by atoms with E-state index >= 15 is 0 Å². The van der Waals surface area contributed by atoms with Crippen molar-refractivity contribution in [3.05, 3.63) is 93.5 Å². The number of hydrogen-bond donors (Lipinski definition) is 3. The van der Waals surface area contributed by atoms with Crippen molar-refractivity contribution in [3.8, 4) is 0 Å². The summed E-state index contributed by atoms with van der Waals surface area (Å²) in [5, 5.41) is 16.0. The Morgan fingerprint density at radius 3 is 2.72 bits per heavy atom. The van der Waals surface area contributed by atoms with Crippen molar-refractivity contribution in [2.24, 2.45) is 0 Å². The first-order chi connectivity index (χ1) is 15.3. The molecule has 2 heterocycles. The second-order valence-corrected chi connectivity index (χ2v) is 7.98. The van der Waals surface area contributed by atoms with Gasteiger partial charge >= 0.3 is 6.03 Å². The first-order valence-corrected chi connectivity index (χ1v) is 10.2. The van der Waals surface area contributed by atoms with Crippen molar-refractivity contribution in [1.82, 2.24) is 5.32 Å². The number of amides is 3. The summed E-state index contributed by atoms with van der Waals surface area (Å²) in [4.78, 5) is 26.7. The van der Waals surface area contributed by atoms with Gasteiger partial charge in [0.2, 0.25) is 0 Å². The highest BCUT2D eigenvalue weighted by Gasteiger charge is 2.37. The van der Waals surface area contributed by atoms with Crippen molar-refractivity contribution in [2.45, 2.75) is 12.1 Å². The molecule has 2 atom stereocenters. The Morgan fingerprint density at radius 2 is 1.91 bits per heavy atom. The molecule has 3 amide bonds. The Kier molecular flexibility index (Phi) is 4.83. The Labute approximate surface area is 186 Å². The van der Waals surface area contributed by atoms with Gasteiger partial charge in [0.1, 0.15) is 11.6 Å². The molecule has 5 rings (SSSR count). The number of aliphatic hydroxyl groups excluding tert-OH is 1. The fourth-order valence-corrected chi connectivity index (χ4v) is 4.48. The lowest BCUT2D eigenvalue weighted by atomic mass is 9.96. The Morgan fingerprint density at radius 1 is 1.12 bits per heavy atom. The van der Waals surface area contributed by atoms with E-state index in [4.69, 9.17) is 11.6 Å². The van der Waals surface area contributed by atoms with Gasteiger partial charge in [-0.3, -0.25) is 9.69 Å². The van der Waals surface area contributed by atoms with Gasteiger partial charge in [0, 0.05) is 33.0 Å². The Hall–Kier alpha value is -3.49. The van der Waals surface area contributed by atoms with Crippen molar-refractivity contribution >= 4 is 34.9 Å². The largest absolute Gasteiger partial charge is 0.386 e. The predicted octanol–water partition coefficient (Wildman–Crippen LogP) is 4.54. The Balaban J connectivity index is 1.53. The fourth-order valence-electron chi connectivity index (χ4n) is 4.25. The molecule has 2 aliphatic rings. The molecule has 9 heteroatoms. The number of nitrogens with zero attached hydrogens (tertiary/aromatic N) is 1. The summed E-state index contributed by atoms with van der Waals surface area (Å²) in [6, 6.07) is 11.4. The molecule has 0 radical (unpaired) electrons. The molecule has 3 aromatic carbocycles. The van der Waals surface area contributed by atoms with Crippen LogP contribution in [0.5, 0.6) is 0 Å². The maximum Gasteiger partial charge on any atom is 0.326 e. The van der Waals surface area contributed by atoms with E-state index in [1.807, 2.05) is 0 Å². The van der Waals surface area contributed by atoms with Crippen LogP contribution in [0.2, 0.25) is 5.02 Å². The number of fused-ring (bicyclic) bond motifs is 2. The average molecular weight is 456 g/mol. The molecule has 3 aromatic rings. The minimum absolute atomic E-state index is 0.00371. The molecule has 0 unspecified atom stereocenters. The van der Waals surface area contributed by atoms with Gasteiger partial charge in [-0.05, 0) is 36.4 Å². The highest BCUT2D eigenvalue weighted by molar-refractivity contribution is 6.31. The van der Waals surface area contributed by atoms with Crippen LogP contribution in [-0.4, -0.2) is 23.6 Å². The van der Waals surface area contributed by atoms with E-state index in [1.54, 1.807) is 24.3 Å². The third-order valence-electron chi connectivity index (χ3n) is 5.67. The van der Waals surface area contributed by atoms with Gasteiger partial charge in [0.05, 0.1) is 24.4 Å². The van der Waals surface area contributed by atoms with Crippen LogP contribution >= 0.6 is 11.6 Å². The summed E-state index contributed by atoms with van der Waals surface area (Å²) in [5.41, 5.74) is 1.68. The SMILES string of the molecule is O=C1N[C@@H](c2cc(F)ccc2Cl)c2c(NC(=O)N3C[C@H](O)c4cccc(F)c43)cccc21. The number of carbonyl (C=O) groups is 2. The lowest BCUT2D eigenvalue weighted by molar-refractivity contribution is 0.0960. The van der Waals surface area contributed by atoms with Crippen molar-refractivity contribution in [3.63, 3.8) is 0 Å². The van der Waals surface area contributed by atoms with Gasteiger partial charge in [-0.2, -0.15) is 0 Å². The number of urea groups is 1. The van der Waals surface area contributed by atoms with Crippen LogP contribution in [0.1, 0.15) is 39.2 Å². The summed E-state index contributed by atoms with van der Waals surface area (Å²) in [6.07, 6.45) is -1.02. The summed E-state index contributed by atoms with van der Waals surface area (Å²) >= 11 is 6.26. The molecule has 0 aliphatic carbocycles. The normalized spacial score (nSPS) is 18.9. The number of carbonyl (C=O) groups excluding carboxylic acids is 2. The van der Waals surface area contributed by atoms with E-state index in [0.717, 1.165) is 4.90 Å². The van der Waals surface area contributed by atoms with Crippen LogP contribution in [0.3, 0.4) is 0 Å². The summed E-state index contributed by atoms with van der Waals surface area (Å²) < 4.78 is 28.3. The molecule has 3 N–H and O–H groups in total. The van der Waals surface area contributed by atoms with Crippen molar-refractivity contribution in [2.75, 3.05) is 16.8 Å². The highest BCUT2D eigenvalue weighted by atomic mass is 35.5. The predicted molar refractivity (Wildman–Crippen MR) is 115 cm³/mol. The number of hydrogen-bond acceptors (Lipinski definition) is 3. The second kappa shape index (κ2) is 7.58. The quantitative estimate of drug-likeness (QED) is 0.530. The molecule has 6 nitrogen and oxygen atoms in total. The standard InChI is InChI=1S/C23H16ClF2N3O3/c24-15-8-7-11(25)9-14(15)20-19-13(22(31)28-20)4-2-6-17(19)27-23(32)29-10-18(30)12-3-1-5-16(26)21(12)29/h1-9,18,20,30H,10H2,(H,27,32)(H,28,31)/t18-,20-/m0/s1. The van der Waals surface area contributed by atoms with Crippen LogP contribution < -0.4 is 15.5 Å². The number of anilines is 2. The summed E-state index contributed by atoms with van der Waals surface area (Å²) in [7, 11) is 0. The highest BCUT2D eigenvalue weighted by Crippen LogP contribution is 2.41. The summed E-state index contributed by atoms with van der Waals surface area (Å²) in [6.45, 7) is -0.118. The van der Waals surface area contributed by atoms with Crippen LogP contribution in [0, 0.1) is 11.6 Å². The lowest BCUT2D eigenvalue weighted by Gasteiger charge is -2.21. The molecule has 2 aliphatic heterocycles. The van der Waals surface area contributed by atoms with Crippen molar-refractivity contribution < 1.29 is 23.5 Å². The van der Waals surface area contributed by atoms with E-state index in [2.05, 4.69) is 10.6 Å². The zero-order valence-corrected chi connectivity index (χ0v) is 17.2. The minimum atomic E-state index is -1.02. The molecular weight excluding hydrogens is 440 g/mol. The van der Waals surface area contributed by atoms with E-state index in [0.29, 0.717) is 22.3 Å². The smallest absolute Gasteiger partial charge is 0.326 e. The zero-order valence-electron chi connectivity index (χ0n) is 16.4. The topological polar surface area (TPSA) is 81.7 Å². The molecule has 0 saturated carbocycles. The van der Waals surface area contributed by atoms with Gasteiger partial charge in [0.25, 0.3) is 5.91 Å². The first-order valence-electron chi connectivity index (χ1n) is 9.79. The van der Waals surface area contributed by atoms with Gasteiger partial charge in [-0.1, -0.05) is 29.8 Å². The van der Waals surface area contributed by atoms with Crippen LogP contribution in [0.15, 0.2) is 54.6 Å².